The van der Waals surface area contributed by atoms with Gasteiger partial charge in [0.15, 0.2) is 0 Å². The number of amidine groups is 1. The van der Waals surface area contributed by atoms with E-state index in [0.29, 0.717) is 0 Å². The maximum Gasteiger partial charge on any atom is 0.135 e. The standard InChI is InChI=1S/C49H35N3O/c1-4-14-32(15-5-1)36-27-29-44-43(30-36)46-41(24-13-25-45(46)53-44)49-51-47(35-19-8-3-9-20-35)50-48(52-49)37-26-28-39(33-16-6-2-7-17-33)42(31-37)40-23-12-21-34-18-10-11-22-38(34)40/h1-31,48-49,52H,(H,50,51). The van der Waals surface area contributed by atoms with E-state index in [2.05, 4.69) is 193 Å². The summed E-state index contributed by atoms with van der Waals surface area (Å²) in [4.78, 5) is 5.35. The highest BCUT2D eigenvalue weighted by Gasteiger charge is 2.28. The number of fused-ring (bicyclic) bond motifs is 4. The lowest BCUT2D eigenvalue weighted by Gasteiger charge is -2.33. The number of benzene rings is 8. The molecule has 0 radical (unpaired) electrons. The van der Waals surface area contributed by atoms with Gasteiger partial charge in [0.2, 0.25) is 0 Å². The number of nitrogens with zero attached hydrogens (tertiary/aromatic N) is 1. The van der Waals surface area contributed by atoms with Crippen LogP contribution in [0.4, 0.5) is 0 Å². The lowest BCUT2D eigenvalue weighted by atomic mass is 9.89. The van der Waals surface area contributed by atoms with Gasteiger partial charge in [-0.3, -0.25) is 5.32 Å². The van der Waals surface area contributed by atoms with Crippen LogP contribution >= 0.6 is 0 Å². The van der Waals surface area contributed by atoms with Crippen LogP contribution in [0.15, 0.2) is 197 Å². The van der Waals surface area contributed by atoms with Crippen LogP contribution in [0.5, 0.6) is 0 Å². The summed E-state index contributed by atoms with van der Waals surface area (Å²) in [5.74, 6) is 0.841. The van der Waals surface area contributed by atoms with Gasteiger partial charge in [-0.15, -0.1) is 0 Å². The zero-order chi connectivity index (χ0) is 35.1. The normalized spacial score (nSPS) is 15.7. The minimum Gasteiger partial charge on any atom is -0.456 e. The molecule has 0 fully saturated rings. The molecule has 0 saturated heterocycles. The van der Waals surface area contributed by atoms with E-state index in [0.717, 1.165) is 50.0 Å². The lowest BCUT2D eigenvalue weighted by molar-refractivity contribution is 0.411. The fourth-order valence-corrected chi connectivity index (χ4v) is 7.82. The van der Waals surface area contributed by atoms with Crippen LogP contribution in [0.2, 0.25) is 0 Å². The summed E-state index contributed by atoms with van der Waals surface area (Å²) < 4.78 is 6.47. The number of rotatable bonds is 6. The van der Waals surface area contributed by atoms with Crippen molar-refractivity contribution in [2.24, 2.45) is 4.99 Å². The average molecular weight is 682 g/mol. The Morgan fingerprint density at radius 1 is 0.453 bits per heavy atom. The van der Waals surface area contributed by atoms with Crippen molar-refractivity contribution >= 4 is 38.5 Å². The van der Waals surface area contributed by atoms with E-state index in [1.54, 1.807) is 0 Å². The maximum atomic E-state index is 6.47. The molecule has 2 heterocycles. The molecular formula is C49H35N3O. The minimum absolute atomic E-state index is 0.257. The van der Waals surface area contributed by atoms with Crippen LogP contribution < -0.4 is 10.6 Å². The SMILES string of the molecule is c1ccc(C2=NC(c3ccc(-c4ccccc4)c(-c4cccc5ccccc45)c3)NC(c3cccc4oc5ccc(-c6ccccc6)cc5c34)N2)cc1. The third kappa shape index (κ3) is 5.66. The number of furan rings is 1. The summed E-state index contributed by atoms with van der Waals surface area (Å²) >= 11 is 0. The van der Waals surface area contributed by atoms with Gasteiger partial charge in [-0.25, -0.2) is 4.99 Å². The van der Waals surface area contributed by atoms with Crippen LogP contribution in [0.3, 0.4) is 0 Å². The molecule has 2 N–H and O–H groups in total. The molecule has 0 spiro atoms. The molecule has 53 heavy (non-hydrogen) atoms. The summed E-state index contributed by atoms with van der Waals surface area (Å²) in [5, 5.41) is 12.3. The quantitative estimate of drug-likeness (QED) is 0.184. The monoisotopic (exact) mass is 681 g/mol. The zero-order valence-electron chi connectivity index (χ0n) is 28.9. The molecule has 1 aliphatic heterocycles. The van der Waals surface area contributed by atoms with Crippen molar-refractivity contribution < 1.29 is 4.42 Å². The van der Waals surface area contributed by atoms with Gasteiger partial charge in [-0.05, 0) is 74.0 Å². The Bertz CT molecular complexity index is 2780. The molecule has 4 nitrogen and oxygen atoms in total. The third-order valence-electron chi connectivity index (χ3n) is 10.4. The first-order valence-electron chi connectivity index (χ1n) is 18.1. The summed E-state index contributed by atoms with van der Waals surface area (Å²) in [7, 11) is 0. The molecule has 2 atom stereocenters. The number of hydrogen-bond acceptors (Lipinski definition) is 4. The van der Waals surface area contributed by atoms with Crippen molar-refractivity contribution in [3.63, 3.8) is 0 Å². The Kier molecular flexibility index (Phi) is 7.67. The number of hydrogen-bond donors (Lipinski definition) is 2. The highest BCUT2D eigenvalue weighted by Crippen LogP contribution is 2.41. The fraction of sp³-hybridized carbons (Fsp3) is 0.0408. The van der Waals surface area contributed by atoms with Crippen LogP contribution in [0, 0.1) is 0 Å². The molecule has 0 bridgehead atoms. The highest BCUT2D eigenvalue weighted by atomic mass is 16.3. The second-order valence-corrected chi connectivity index (χ2v) is 13.6. The molecule has 0 aliphatic carbocycles. The molecule has 0 amide bonds. The Morgan fingerprint density at radius 3 is 1.96 bits per heavy atom. The van der Waals surface area contributed by atoms with Crippen molar-refractivity contribution in [3.05, 3.63) is 205 Å². The molecule has 2 unspecified atom stereocenters. The van der Waals surface area contributed by atoms with Crippen LogP contribution in [0.25, 0.3) is 66.1 Å². The van der Waals surface area contributed by atoms with Gasteiger partial charge in [-0.2, -0.15) is 0 Å². The van der Waals surface area contributed by atoms with E-state index in [9.17, 15) is 0 Å². The largest absolute Gasteiger partial charge is 0.456 e. The van der Waals surface area contributed by atoms with E-state index in [-0.39, 0.29) is 12.3 Å². The van der Waals surface area contributed by atoms with Crippen molar-refractivity contribution in [2.45, 2.75) is 12.3 Å². The lowest BCUT2D eigenvalue weighted by Crippen LogP contribution is -2.45. The Labute approximate surface area is 308 Å². The van der Waals surface area contributed by atoms with Crippen molar-refractivity contribution in [1.82, 2.24) is 10.6 Å². The molecular weight excluding hydrogens is 647 g/mol. The van der Waals surface area contributed by atoms with Gasteiger partial charge >= 0.3 is 0 Å². The average Bonchev–Trinajstić information content (AvgIpc) is 3.62. The zero-order valence-corrected chi connectivity index (χ0v) is 28.9. The van der Waals surface area contributed by atoms with E-state index >= 15 is 0 Å². The van der Waals surface area contributed by atoms with E-state index in [4.69, 9.17) is 9.41 Å². The first-order chi connectivity index (χ1) is 26.3. The summed E-state index contributed by atoms with van der Waals surface area (Å²) in [6, 6.07) is 66.4. The van der Waals surface area contributed by atoms with Gasteiger partial charge in [-0.1, -0.05) is 164 Å². The fourth-order valence-electron chi connectivity index (χ4n) is 7.82. The molecule has 1 aromatic heterocycles. The number of nitrogens with one attached hydrogen (secondary N) is 2. The van der Waals surface area contributed by atoms with Gasteiger partial charge in [0, 0.05) is 21.9 Å². The van der Waals surface area contributed by atoms with Crippen LogP contribution in [0.1, 0.15) is 29.0 Å². The van der Waals surface area contributed by atoms with E-state index in [1.807, 2.05) is 6.07 Å². The maximum absolute atomic E-state index is 6.47. The number of aliphatic imine (C=N–C) groups is 1. The van der Waals surface area contributed by atoms with Crippen molar-refractivity contribution in [3.8, 4) is 33.4 Å². The Balaban J connectivity index is 1.14. The summed E-state index contributed by atoms with van der Waals surface area (Å²) in [6.07, 6.45) is -0.587. The van der Waals surface area contributed by atoms with Crippen LogP contribution in [-0.4, -0.2) is 5.84 Å². The van der Waals surface area contributed by atoms with Gasteiger partial charge in [0.25, 0.3) is 0 Å². The smallest absolute Gasteiger partial charge is 0.135 e. The first kappa shape index (κ1) is 31.0. The van der Waals surface area contributed by atoms with Crippen LogP contribution in [-0.2, 0) is 0 Å². The third-order valence-corrected chi connectivity index (χ3v) is 10.4. The molecule has 252 valence electrons. The Hall–Kier alpha value is -6.75. The van der Waals surface area contributed by atoms with Gasteiger partial charge in [0.1, 0.15) is 29.3 Å². The van der Waals surface area contributed by atoms with Crippen molar-refractivity contribution in [1.29, 1.82) is 0 Å². The minimum atomic E-state index is -0.330. The predicted molar refractivity (Wildman–Crippen MR) is 219 cm³/mol. The second-order valence-electron chi connectivity index (χ2n) is 13.6. The summed E-state index contributed by atoms with van der Waals surface area (Å²) in [6.45, 7) is 0. The van der Waals surface area contributed by atoms with E-state index < -0.39 is 0 Å². The topological polar surface area (TPSA) is 49.6 Å². The highest BCUT2D eigenvalue weighted by molar-refractivity contribution is 6.09. The molecule has 10 rings (SSSR count). The molecule has 8 aromatic carbocycles. The van der Waals surface area contributed by atoms with Crippen molar-refractivity contribution in [2.75, 3.05) is 0 Å². The molecule has 0 saturated carbocycles. The Morgan fingerprint density at radius 2 is 1.15 bits per heavy atom. The van der Waals surface area contributed by atoms with Gasteiger partial charge in [0.05, 0.1) is 0 Å². The predicted octanol–water partition coefficient (Wildman–Crippen LogP) is 12.1. The van der Waals surface area contributed by atoms with E-state index in [1.165, 1.54) is 38.6 Å². The first-order valence-corrected chi connectivity index (χ1v) is 18.1. The molecule has 1 aliphatic rings. The van der Waals surface area contributed by atoms with Gasteiger partial charge < -0.3 is 9.73 Å². The molecule has 9 aromatic rings. The second kappa shape index (κ2) is 13.1. The summed E-state index contributed by atoms with van der Waals surface area (Å²) in [5.41, 5.74) is 12.0. The molecule has 4 heteroatoms.